The minimum Gasteiger partial charge on any atom is -0.126 e. The van der Waals surface area contributed by atoms with Crippen LogP contribution >= 0.6 is 23.2 Å². The van der Waals surface area contributed by atoms with Crippen LogP contribution < -0.4 is 0 Å². The second-order valence-corrected chi connectivity index (χ2v) is 5.55. The molecule has 0 heterocycles. The van der Waals surface area contributed by atoms with Gasteiger partial charge in [-0.2, -0.15) is 0 Å². The van der Waals surface area contributed by atoms with E-state index in [0.717, 1.165) is 6.42 Å². The summed E-state index contributed by atoms with van der Waals surface area (Å²) in [7, 11) is 0. The molecule has 0 fully saturated rings. The lowest BCUT2D eigenvalue weighted by molar-refractivity contribution is 0.408. The number of hydrogen-bond donors (Lipinski definition) is 0. The molecule has 16 heavy (non-hydrogen) atoms. The highest BCUT2D eigenvalue weighted by Gasteiger charge is 2.31. The lowest BCUT2D eigenvalue weighted by Crippen LogP contribution is -2.32. The van der Waals surface area contributed by atoms with Gasteiger partial charge in [-0.05, 0) is 24.8 Å². The molecule has 0 aliphatic rings. The van der Waals surface area contributed by atoms with Crippen LogP contribution in [0.4, 0.5) is 0 Å². The highest BCUT2D eigenvalue weighted by Crippen LogP contribution is 2.34. The van der Waals surface area contributed by atoms with Crippen LogP contribution in [0.1, 0.15) is 31.4 Å². The van der Waals surface area contributed by atoms with Crippen molar-refractivity contribution in [3.05, 3.63) is 35.4 Å². The number of hydrogen-bond acceptors (Lipinski definition) is 0. The highest BCUT2D eigenvalue weighted by atomic mass is 35.5. The first kappa shape index (κ1) is 13.9. The van der Waals surface area contributed by atoms with Crippen molar-refractivity contribution < 1.29 is 0 Å². The zero-order chi connectivity index (χ0) is 12.2. The lowest BCUT2D eigenvalue weighted by atomic mass is 9.77. The zero-order valence-electron chi connectivity index (χ0n) is 10.3. The Bertz CT molecular complexity index is 327. The van der Waals surface area contributed by atoms with E-state index in [0.29, 0.717) is 17.7 Å². The van der Waals surface area contributed by atoms with Gasteiger partial charge in [-0.15, -0.1) is 23.2 Å². The minimum absolute atomic E-state index is 0.0801. The molecule has 90 valence electrons. The number of alkyl halides is 2. The Morgan fingerprint density at radius 1 is 1.19 bits per heavy atom. The van der Waals surface area contributed by atoms with Crippen LogP contribution in [0.25, 0.3) is 0 Å². The first-order valence-electron chi connectivity index (χ1n) is 5.73. The summed E-state index contributed by atoms with van der Waals surface area (Å²) in [5.74, 6) is 1.76. The normalized spacial score (nSPS) is 12.1. The van der Waals surface area contributed by atoms with Crippen LogP contribution in [-0.4, -0.2) is 11.8 Å². The van der Waals surface area contributed by atoms with Crippen LogP contribution in [0, 0.1) is 12.8 Å². The van der Waals surface area contributed by atoms with E-state index in [2.05, 4.69) is 45.0 Å². The molecule has 0 spiro atoms. The molecule has 0 aromatic heterocycles. The van der Waals surface area contributed by atoms with Gasteiger partial charge in [0.25, 0.3) is 0 Å². The molecule has 0 N–H and O–H groups in total. The zero-order valence-corrected chi connectivity index (χ0v) is 11.8. The second kappa shape index (κ2) is 5.93. The summed E-state index contributed by atoms with van der Waals surface area (Å²) in [5, 5.41) is 0. The average molecular weight is 259 g/mol. The van der Waals surface area contributed by atoms with Crippen LogP contribution in [-0.2, 0) is 5.41 Å². The maximum atomic E-state index is 6.17. The van der Waals surface area contributed by atoms with Crippen molar-refractivity contribution >= 4 is 23.2 Å². The fraction of sp³-hybridized carbons (Fsp3) is 0.571. The molecule has 0 nitrogen and oxygen atoms in total. The molecule has 0 unspecified atom stereocenters. The summed E-state index contributed by atoms with van der Waals surface area (Å²) in [5.41, 5.74) is 2.45. The SMILES string of the molecule is Cc1cccc(C(CCl)(CCl)CC(C)C)c1. The Kier molecular flexibility index (Phi) is 5.14. The van der Waals surface area contributed by atoms with Crippen molar-refractivity contribution in [3.8, 4) is 0 Å². The maximum Gasteiger partial charge on any atom is 0.0332 e. The van der Waals surface area contributed by atoms with Crippen molar-refractivity contribution in [2.75, 3.05) is 11.8 Å². The van der Waals surface area contributed by atoms with Crippen LogP contribution in [0.2, 0.25) is 0 Å². The molecule has 2 heteroatoms. The lowest BCUT2D eigenvalue weighted by Gasteiger charge is -2.32. The monoisotopic (exact) mass is 258 g/mol. The van der Waals surface area contributed by atoms with Gasteiger partial charge in [0.05, 0.1) is 0 Å². The van der Waals surface area contributed by atoms with E-state index in [1.165, 1.54) is 11.1 Å². The van der Waals surface area contributed by atoms with Gasteiger partial charge in [0.1, 0.15) is 0 Å². The predicted molar refractivity (Wildman–Crippen MR) is 73.8 cm³/mol. The molecule has 0 saturated heterocycles. The largest absolute Gasteiger partial charge is 0.126 e. The van der Waals surface area contributed by atoms with E-state index in [1.807, 2.05) is 0 Å². The van der Waals surface area contributed by atoms with Gasteiger partial charge in [-0.3, -0.25) is 0 Å². The number of aryl methyl sites for hydroxylation is 1. The number of rotatable bonds is 5. The summed E-state index contributed by atoms with van der Waals surface area (Å²) in [6.07, 6.45) is 1.03. The molecule has 1 rings (SSSR count). The Labute approximate surface area is 109 Å². The van der Waals surface area contributed by atoms with Crippen LogP contribution in [0.5, 0.6) is 0 Å². The second-order valence-electron chi connectivity index (χ2n) is 5.02. The summed E-state index contributed by atoms with van der Waals surface area (Å²) < 4.78 is 0. The molecule has 0 radical (unpaired) electrons. The summed E-state index contributed by atoms with van der Waals surface area (Å²) in [6.45, 7) is 6.53. The Morgan fingerprint density at radius 2 is 1.81 bits per heavy atom. The highest BCUT2D eigenvalue weighted by molar-refractivity contribution is 6.22. The number of halogens is 2. The van der Waals surface area contributed by atoms with Crippen LogP contribution in [0.3, 0.4) is 0 Å². The van der Waals surface area contributed by atoms with Gasteiger partial charge in [-0.25, -0.2) is 0 Å². The molecular formula is C14H20Cl2. The van der Waals surface area contributed by atoms with Crippen molar-refractivity contribution in [2.45, 2.75) is 32.6 Å². The number of benzene rings is 1. The van der Waals surface area contributed by atoms with Gasteiger partial charge in [-0.1, -0.05) is 43.7 Å². The van der Waals surface area contributed by atoms with Crippen molar-refractivity contribution in [1.82, 2.24) is 0 Å². The van der Waals surface area contributed by atoms with Crippen molar-refractivity contribution in [1.29, 1.82) is 0 Å². The van der Waals surface area contributed by atoms with E-state index in [4.69, 9.17) is 23.2 Å². The van der Waals surface area contributed by atoms with E-state index in [-0.39, 0.29) is 5.41 Å². The fourth-order valence-corrected chi connectivity index (χ4v) is 2.99. The molecule has 0 amide bonds. The van der Waals surface area contributed by atoms with E-state index in [1.54, 1.807) is 0 Å². The van der Waals surface area contributed by atoms with Gasteiger partial charge in [0, 0.05) is 17.2 Å². The molecule has 0 aliphatic carbocycles. The Morgan fingerprint density at radius 3 is 2.25 bits per heavy atom. The first-order valence-corrected chi connectivity index (χ1v) is 6.80. The van der Waals surface area contributed by atoms with Gasteiger partial charge < -0.3 is 0 Å². The third-order valence-electron chi connectivity index (χ3n) is 2.94. The third-order valence-corrected chi connectivity index (χ3v) is 3.96. The van der Waals surface area contributed by atoms with Gasteiger partial charge >= 0.3 is 0 Å². The summed E-state index contributed by atoms with van der Waals surface area (Å²) in [6, 6.07) is 8.53. The average Bonchev–Trinajstić information content (AvgIpc) is 2.25. The van der Waals surface area contributed by atoms with Gasteiger partial charge in [0.2, 0.25) is 0 Å². The molecule has 1 aromatic carbocycles. The molecule has 0 saturated carbocycles. The van der Waals surface area contributed by atoms with Crippen molar-refractivity contribution in [3.63, 3.8) is 0 Å². The standard InChI is InChI=1S/C14H20Cl2/c1-11(2)8-14(9-15,10-16)13-6-4-5-12(3)7-13/h4-7,11H,8-10H2,1-3H3. The summed E-state index contributed by atoms with van der Waals surface area (Å²) in [4.78, 5) is 0. The minimum atomic E-state index is -0.0801. The van der Waals surface area contributed by atoms with E-state index < -0.39 is 0 Å². The quantitative estimate of drug-likeness (QED) is 0.669. The third kappa shape index (κ3) is 3.15. The van der Waals surface area contributed by atoms with Crippen LogP contribution in [0.15, 0.2) is 24.3 Å². The fourth-order valence-electron chi connectivity index (χ4n) is 2.17. The topological polar surface area (TPSA) is 0 Å². The molecular weight excluding hydrogens is 239 g/mol. The predicted octanol–water partition coefficient (Wildman–Crippen LogP) is 4.76. The van der Waals surface area contributed by atoms with Crippen molar-refractivity contribution in [2.24, 2.45) is 5.92 Å². The molecule has 0 bridgehead atoms. The van der Waals surface area contributed by atoms with E-state index in [9.17, 15) is 0 Å². The maximum absolute atomic E-state index is 6.17. The van der Waals surface area contributed by atoms with E-state index >= 15 is 0 Å². The smallest absolute Gasteiger partial charge is 0.0332 e. The first-order chi connectivity index (χ1) is 7.54. The summed E-state index contributed by atoms with van der Waals surface area (Å²) >= 11 is 12.3. The molecule has 0 atom stereocenters. The van der Waals surface area contributed by atoms with Gasteiger partial charge in [0.15, 0.2) is 0 Å². The molecule has 1 aromatic rings. The Hall–Kier alpha value is -0.200. The Balaban J connectivity index is 3.09. The molecule has 0 aliphatic heterocycles.